The Bertz CT molecular complexity index is 1310. The molecule has 0 spiro atoms. The van der Waals surface area contributed by atoms with Crippen molar-refractivity contribution in [3.8, 4) is 0 Å². The molecule has 178 valence electrons. The van der Waals surface area contributed by atoms with Gasteiger partial charge in [0.05, 0.1) is 18.3 Å². The van der Waals surface area contributed by atoms with Crippen LogP contribution in [0.25, 0.3) is 5.65 Å². The molecule has 0 unspecified atom stereocenters. The topological polar surface area (TPSA) is 86.0 Å². The second-order valence-corrected chi connectivity index (χ2v) is 10.6. The molecule has 1 aromatic carbocycles. The van der Waals surface area contributed by atoms with Gasteiger partial charge in [-0.3, -0.25) is 0 Å². The third kappa shape index (κ3) is 3.97. The summed E-state index contributed by atoms with van der Waals surface area (Å²) in [7, 11) is 7.54. The third-order valence-corrected chi connectivity index (χ3v) is 7.35. The Hall–Kier alpha value is -3.01. The molecule has 14 heteroatoms. The highest BCUT2D eigenvalue weighted by Crippen LogP contribution is 2.38. The van der Waals surface area contributed by atoms with Crippen LogP contribution in [-0.2, 0) is 0 Å². The van der Waals surface area contributed by atoms with Crippen LogP contribution in [-0.4, -0.2) is 85.3 Å². The molecule has 8 nitrogen and oxygen atoms in total. The van der Waals surface area contributed by atoms with Crippen molar-refractivity contribution in [3.05, 3.63) is 53.9 Å². The summed E-state index contributed by atoms with van der Waals surface area (Å²) in [4.78, 5) is 21.7. The summed E-state index contributed by atoms with van der Waals surface area (Å²) in [5, 5.41) is 16.5. The van der Waals surface area contributed by atoms with Crippen LogP contribution in [0.3, 0.4) is 0 Å². The number of hydrogen-bond donors (Lipinski definition) is 2. The number of halogens is 2. The van der Waals surface area contributed by atoms with Gasteiger partial charge in [0.25, 0.3) is 0 Å². The molecule has 2 aliphatic heterocycles. The highest BCUT2D eigenvalue weighted by molar-refractivity contribution is 6.47. The van der Waals surface area contributed by atoms with Gasteiger partial charge in [-0.05, 0) is 48.9 Å². The maximum Gasteiger partial charge on any atom is 0.320 e. The van der Waals surface area contributed by atoms with Crippen LogP contribution in [0.5, 0.6) is 0 Å². The monoisotopic (exact) mass is 476 g/mol. The quantitative estimate of drug-likeness (QED) is 0.464. The molecule has 2 N–H and O–H groups in total. The Morgan fingerprint density at radius 3 is 2.69 bits per heavy atom. The van der Waals surface area contributed by atoms with Gasteiger partial charge in [0.15, 0.2) is 5.65 Å². The SMILES string of the molecule is BC1(B)C[C@H](O)C(B)(B)N1C(=O)Nc1cnn2ccc(N3CCC[C@@H]3c3cc(F)ccc3F)nc12. The van der Waals surface area contributed by atoms with Crippen LogP contribution >= 0.6 is 0 Å². The number of nitrogens with one attached hydrogen (secondary N) is 1. The number of aliphatic hydroxyl groups is 1. The Kier molecular flexibility index (Phi) is 5.62. The van der Waals surface area contributed by atoms with Crippen molar-refractivity contribution in [1.29, 1.82) is 0 Å². The number of carbonyl (C=O) groups is 1. The molecule has 35 heavy (non-hydrogen) atoms. The van der Waals surface area contributed by atoms with Gasteiger partial charge in [0.1, 0.15) is 54.5 Å². The number of fused-ring (bicyclic) bond motifs is 1. The van der Waals surface area contributed by atoms with Crippen molar-refractivity contribution in [3.63, 3.8) is 0 Å². The normalized spacial score (nSPS) is 23.2. The number of amides is 2. The number of nitrogens with zero attached hydrogens (tertiary/aromatic N) is 5. The molecule has 0 bridgehead atoms. The predicted octanol–water partition coefficient (Wildman–Crippen LogP) is -1.21. The zero-order valence-corrected chi connectivity index (χ0v) is 20.3. The molecular weight excluding hydrogens is 450 g/mol. The second kappa shape index (κ2) is 8.29. The van der Waals surface area contributed by atoms with E-state index < -0.39 is 28.4 Å². The summed E-state index contributed by atoms with van der Waals surface area (Å²) < 4.78 is 29.9. The highest BCUT2D eigenvalue weighted by Gasteiger charge is 2.52. The van der Waals surface area contributed by atoms with Gasteiger partial charge in [0.2, 0.25) is 0 Å². The maximum absolute atomic E-state index is 14.5. The summed E-state index contributed by atoms with van der Waals surface area (Å²) in [6.45, 7) is 0.646. The lowest BCUT2D eigenvalue weighted by molar-refractivity contribution is 0.141. The number of aromatic nitrogens is 3. The molecule has 5 rings (SSSR count). The maximum atomic E-state index is 14.5. The summed E-state index contributed by atoms with van der Waals surface area (Å²) >= 11 is 0. The minimum atomic E-state index is -0.743. The molecule has 2 saturated heterocycles. The number of benzene rings is 1. The molecule has 3 aromatic rings. The Balaban J connectivity index is 1.46. The van der Waals surface area contributed by atoms with E-state index in [9.17, 15) is 18.7 Å². The number of anilines is 2. The van der Waals surface area contributed by atoms with Gasteiger partial charge < -0.3 is 20.2 Å². The van der Waals surface area contributed by atoms with Crippen LogP contribution in [0.4, 0.5) is 25.1 Å². The third-order valence-electron chi connectivity index (χ3n) is 7.35. The van der Waals surface area contributed by atoms with E-state index in [1.807, 2.05) is 36.3 Å². The molecule has 2 fully saturated rings. The van der Waals surface area contributed by atoms with Gasteiger partial charge in [-0.1, -0.05) is 0 Å². The van der Waals surface area contributed by atoms with Crippen LogP contribution < -0.4 is 10.2 Å². The average Bonchev–Trinajstić information content (AvgIpc) is 3.45. The van der Waals surface area contributed by atoms with E-state index in [4.69, 9.17) is 4.98 Å². The molecule has 4 heterocycles. The van der Waals surface area contributed by atoms with Crippen LogP contribution in [0.15, 0.2) is 36.7 Å². The Labute approximate surface area is 205 Å². The summed E-state index contributed by atoms with van der Waals surface area (Å²) in [5.74, 6) is -0.327. The van der Waals surface area contributed by atoms with Crippen molar-refractivity contribution in [2.45, 2.75) is 42.1 Å². The fraction of sp³-hybridized carbons (Fsp3) is 0.381. The highest BCUT2D eigenvalue weighted by atomic mass is 19.1. The van der Waals surface area contributed by atoms with Gasteiger partial charge in [0, 0.05) is 23.6 Å². The number of aliphatic hydroxyl groups excluding tert-OH is 1. The first-order valence-electron chi connectivity index (χ1n) is 11.8. The fourth-order valence-electron chi connectivity index (χ4n) is 5.69. The van der Waals surface area contributed by atoms with Crippen molar-refractivity contribution >= 4 is 54.6 Å². The number of rotatable bonds is 3. The van der Waals surface area contributed by atoms with E-state index in [1.165, 1.54) is 12.3 Å². The van der Waals surface area contributed by atoms with Crippen LogP contribution in [0, 0.1) is 11.6 Å². The standard InChI is InChI=1S/C21H26B4F2N6O2/c22-20(23)9-16(34)21(24,25)33(20)19(35)29-14-10-28-32-7-5-17(30-18(14)32)31-6-1-2-15(31)12-8-11(26)3-4-13(12)27/h3-5,7-8,10,15-16,34H,1-2,6,9,22-25H2,(H,29,35)/t15-,16+/m1/s1. The van der Waals surface area contributed by atoms with Gasteiger partial charge in [-0.2, -0.15) is 5.10 Å². The second-order valence-electron chi connectivity index (χ2n) is 10.6. The molecular formula is C21H26B4F2N6O2. The lowest BCUT2D eigenvalue weighted by Crippen LogP contribution is -2.61. The van der Waals surface area contributed by atoms with Gasteiger partial charge >= 0.3 is 6.03 Å². The van der Waals surface area contributed by atoms with E-state index in [-0.39, 0.29) is 12.1 Å². The van der Waals surface area contributed by atoms with Crippen molar-refractivity contribution in [1.82, 2.24) is 19.5 Å². The number of urea groups is 1. The molecule has 0 radical (unpaired) electrons. The van der Waals surface area contributed by atoms with Crippen molar-refractivity contribution < 1.29 is 18.7 Å². The summed E-state index contributed by atoms with van der Waals surface area (Å²) in [5.41, 5.74) is 1.18. The van der Waals surface area contributed by atoms with Gasteiger partial charge in [-0.25, -0.2) is 23.1 Å². The zero-order chi connectivity index (χ0) is 25.1. The summed E-state index contributed by atoms with van der Waals surface area (Å²) in [6.07, 6.45) is 4.59. The molecule has 2 amide bonds. The van der Waals surface area contributed by atoms with E-state index in [0.717, 1.165) is 18.6 Å². The van der Waals surface area contributed by atoms with E-state index >= 15 is 0 Å². The smallest absolute Gasteiger partial charge is 0.320 e. The van der Waals surface area contributed by atoms with Crippen molar-refractivity contribution in [2.24, 2.45) is 0 Å². The minimum Gasteiger partial charge on any atom is -0.392 e. The van der Waals surface area contributed by atoms with E-state index in [2.05, 4.69) is 10.4 Å². The number of carbonyl (C=O) groups excluding carboxylic acids is 1. The zero-order valence-electron chi connectivity index (χ0n) is 20.3. The molecule has 2 atom stereocenters. The lowest BCUT2D eigenvalue weighted by atomic mass is 9.58. The Morgan fingerprint density at radius 1 is 1.20 bits per heavy atom. The number of likely N-dealkylation sites (tertiary alicyclic amines) is 1. The summed E-state index contributed by atoms with van der Waals surface area (Å²) in [6, 6.07) is 4.61. The van der Waals surface area contributed by atoms with Crippen LogP contribution in [0.2, 0.25) is 0 Å². The average molecular weight is 476 g/mol. The van der Waals surface area contributed by atoms with E-state index in [0.29, 0.717) is 42.1 Å². The fourth-order valence-corrected chi connectivity index (χ4v) is 5.69. The first-order chi connectivity index (χ1) is 16.5. The molecule has 2 aromatic heterocycles. The molecule has 0 aliphatic carbocycles. The van der Waals surface area contributed by atoms with Crippen molar-refractivity contribution in [2.75, 3.05) is 16.8 Å². The molecule has 0 saturated carbocycles. The van der Waals surface area contributed by atoms with Crippen LogP contribution in [0.1, 0.15) is 30.9 Å². The lowest BCUT2D eigenvalue weighted by Gasteiger charge is -2.41. The predicted molar refractivity (Wildman–Crippen MR) is 140 cm³/mol. The largest absolute Gasteiger partial charge is 0.392 e. The Morgan fingerprint density at radius 2 is 1.97 bits per heavy atom. The molecule has 2 aliphatic rings. The first kappa shape index (κ1) is 23.7. The van der Waals surface area contributed by atoms with E-state index in [1.54, 1.807) is 21.7 Å². The number of hydrogen-bond acceptors (Lipinski definition) is 5. The minimum absolute atomic E-state index is 0.309. The van der Waals surface area contributed by atoms with Gasteiger partial charge in [-0.15, -0.1) is 0 Å². The first-order valence-corrected chi connectivity index (χ1v) is 11.8.